The van der Waals surface area contributed by atoms with E-state index in [0.29, 0.717) is 18.4 Å². The Labute approximate surface area is 155 Å². The van der Waals surface area contributed by atoms with Gasteiger partial charge < -0.3 is 14.8 Å². The molecule has 0 saturated heterocycles. The highest BCUT2D eigenvalue weighted by atomic mass is 19.1. The van der Waals surface area contributed by atoms with Crippen molar-refractivity contribution in [1.82, 2.24) is 5.32 Å². The van der Waals surface area contributed by atoms with Crippen molar-refractivity contribution in [1.29, 1.82) is 0 Å². The van der Waals surface area contributed by atoms with Crippen LogP contribution in [0.5, 0.6) is 11.5 Å². The summed E-state index contributed by atoms with van der Waals surface area (Å²) in [6.07, 6.45) is 7.94. The van der Waals surface area contributed by atoms with Crippen LogP contribution in [-0.2, 0) is 13.2 Å². The average molecular weight is 357 g/mol. The molecule has 2 aromatic carbocycles. The van der Waals surface area contributed by atoms with Gasteiger partial charge >= 0.3 is 0 Å². The zero-order valence-corrected chi connectivity index (χ0v) is 15.5. The van der Waals surface area contributed by atoms with E-state index >= 15 is 0 Å². The predicted molar refractivity (Wildman–Crippen MR) is 102 cm³/mol. The molecule has 0 bridgehead atoms. The van der Waals surface area contributed by atoms with Crippen molar-refractivity contribution in [2.75, 3.05) is 7.11 Å². The van der Waals surface area contributed by atoms with Gasteiger partial charge in [0.2, 0.25) is 0 Å². The van der Waals surface area contributed by atoms with Crippen molar-refractivity contribution in [3.63, 3.8) is 0 Å². The smallest absolute Gasteiger partial charge is 0.161 e. The van der Waals surface area contributed by atoms with Crippen LogP contribution in [0.1, 0.15) is 49.7 Å². The number of hydrogen-bond donors (Lipinski definition) is 1. The summed E-state index contributed by atoms with van der Waals surface area (Å²) in [6, 6.07) is 13.0. The van der Waals surface area contributed by atoms with Crippen LogP contribution in [0.25, 0.3) is 0 Å². The Morgan fingerprint density at radius 1 is 0.923 bits per heavy atom. The molecule has 0 spiro atoms. The van der Waals surface area contributed by atoms with Crippen molar-refractivity contribution in [2.45, 2.75) is 57.7 Å². The number of methoxy groups -OCH3 is 1. The van der Waals surface area contributed by atoms with Crippen LogP contribution in [0.15, 0.2) is 42.5 Å². The first-order chi connectivity index (χ1) is 12.7. The number of benzene rings is 2. The molecule has 1 aliphatic carbocycles. The van der Waals surface area contributed by atoms with Crippen LogP contribution in [0.2, 0.25) is 0 Å². The Balaban J connectivity index is 1.57. The fourth-order valence-corrected chi connectivity index (χ4v) is 3.43. The van der Waals surface area contributed by atoms with Gasteiger partial charge in [-0.3, -0.25) is 0 Å². The molecule has 3 nitrogen and oxygen atoms in total. The molecule has 0 heterocycles. The SMILES string of the molecule is COc1cc(CNC2CCCCCC2)ccc1OCc1ccc(F)cc1. The molecule has 0 aromatic heterocycles. The largest absolute Gasteiger partial charge is 0.493 e. The first-order valence-electron chi connectivity index (χ1n) is 9.52. The second kappa shape index (κ2) is 9.58. The van der Waals surface area contributed by atoms with E-state index in [1.165, 1.54) is 56.2 Å². The summed E-state index contributed by atoms with van der Waals surface area (Å²) < 4.78 is 24.3. The van der Waals surface area contributed by atoms with Crippen LogP contribution < -0.4 is 14.8 Å². The molecule has 0 aliphatic heterocycles. The average Bonchev–Trinajstić information content (AvgIpc) is 2.95. The molecule has 0 radical (unpaired) electrons. The number of rotatable bonds is 7. The Hall–Kier alpha value is -2.07. The maximum absolute atomic E-state index is 13.0. The zero-order valence-electron chi connectivity index (χ0n) is 15.5. The van der Waals surface area contributed by atoms with Crippen LogP contribution in [0.3, 0.4) is 0 Å². The topological polar surface area (TPSA) is 30.5 Å². The van der Waals surface area contributed by atoms with E-state index in [1.807, 2.05) is 12.1 Å². The van der Waals surface area contributed by atoms with Crippen LogP contribution in [0, 0.1) is 5.82 Å². The third-order valence-corrected chi connectivity index (χ3v) is 4.99. The van der Waals surface area contributed by atoms with Crippen molar-refractivity contribution in [3.8, 4) is 11.5 Å². The quantitative estimate of drug-likeness (QED) is 0.689. The van der Waals surface area contributed by atoms with Gasteiger partial charge in [-0.1, -0.05) is 43.9 Å². The summed E-state index contributed by atoms with van der Waals surface area (Å²) in [5.41, 5.74) is 2.12. The zero-order chi connectivity index (χ0) is 18.2. The standard InChI is InChI=1S/C22H28FNO2/c1-25-22-14-18(15-24-20-6-4-2-3-5-7-20)10-13-21(22)26-16-17-8-11-19(23)12-9-17/h8-14,20,24H,2-7,15-16H2,1H3. The first kappa shape index (κ1) is 18.7. The summed E-state index contributed by atoms with van der Waals surface area (Å²) in [6.45, 7) is 1.23. The minimum Gasteiger partial charge on any atom is -0.493 e. The second-order valence-corrected chi connectivity index (χ2v) is 6.97. The molecule has 0 atom stereocenters. The van der Waals surface area contributed by atoms with Crippen molar-refractivity contribution >= 4 is 0 Å². The molecule has 1 fully saturated rings. The third kappa shape index (κ3) is 5.46. The van der Waals surface area contributed by atoms with Gasteiger partial charge in [0, 0.05) is 12.6 Å². The van der Waals surface area contributed by atoms with Gasteiger partial charge in [-0.05, 0) is 48.2 Å². The maximum atomic E-state index is 13.0. The summed E-state index contributed by atoms with van der Waals surface area (Å²) >= 11 is 0. The van der Waals surface area contributed by atoms with E-state index in [1.54, 1.807) is 19.2 Å². The van der Waals surface area contributed by atoms with E-state index in [0.717, 1.165) is 17.9 Å². The fourth-order valence-electron chi connectivity index (χ4n) is 3.43. The molecule has 140 valence electrons. The molecule has 26 heavy (non-hydrogen) atoms. The van der Waals surface area contributed by atoms with Crippen molar-refractivity contribution < 1.29 is 13.9 Å². The lowest BCUT2D eigenvalue weighted by atomic mass is 10.1. The van der Waals surface area contributed by atoms with Gasteiger partial charge in [0.1, 0.15) is 12.4 Å². The van der Waals surface area contributed by atoms with E-state index < -0.39 is 0 Å². The molecular formula is C22H28FNO2. The van der Waals surface area contributed by atoms with E-state index in [4.69, 9.17) is 9.47 Å². The Kier molecular flexibility index (Phi) is 6.89. The molecule has 2 aromatic rings. The minimum atomic E-state index is -0.239. The van der Waals surface area contributed by atoms with Gasteiger partial charge in [0.05, 0.1) is 7.11 Å². The van der Waals surface area contributed by atoms with Gasteiger partial charge in [-0.25, -0.2) is 4.39 Å². The molecule has 0 amide bonds. The van der Waals surface area contributed by atoms with Crippen LogP contribution >= 0.6 is 0 Å². The summed E-state index contributed by atoms with van der Waals surface area (Å²) in [5, 5.41) is 3.68. The lowest BCUT2D eigenvalue weighted by Gasteiger charge is -2.17. The number of nitrogens with one attached hydrogen (secondary N) is 1. The monoisotopic (exact) mass is 357 g/mol. The molecule has 3 rings (SSSR count). The Morgan fingerprint density at radius 3 is 2.31 bits per heavy atom. The van der Waals surface area contributed by atoms with Gasteiger partial charge in [0.25, 0.3) is 0 Å². The summed E-state index contributed by atoms with van der Waals surface area (Å²) in [5.74, 6) is 1.19. The Bertz CT molecular complexity index is 679. The van der Waals surface area contributed by atoms with E-state index in [-0.39, 0.29) is 5.82 Å². The lowest BCUT2D eigenvalue weighted by Crippen LogP contribution is -2.27. The van der Waals surface area contributed by atoms with Crippen LogP contribution in [0.4, 0.5) is 4.39 Å². The highest BCUT2D eigenvalue weighted by Crippen LogP contribution is 2.29. The lowest BCUT2D eigenvalue weighted by molar-refractivity contribution is 0.284. The van der Waals surface area contributed by atoms with E-state index in [9.17, 15) is 4.39 Å². The van der Waals surface area contributed by atoms with Crippen LogP contribution in [-0.4, -0.2) is 13.2 Å². The number of ether oxygens (including phenoxy) is 2. The minimum absolute atomic E-state index is 0.239. The summed E-state index contributed by atoms with van der Waals surface area (Å²) in [7, 11) is 1.66. The summed E-state index contributed by atoms with van der Waals surface area (Å²) in [4.78, 5) is 0. The molecule has 1 aliphatic rings. The second-order valence-electron chi connectivity index (χ2n) is 6.97. The van der Waals surface area contributed by atoms with Gasteiger partial charge in [0.15, 0.2) is 11.5 Å². The van der Waals surface area contributed by atoms with Gasteiger partial charge in [-0.2, -0.15) is 0 Å². The van der Waals surface area contributed by atoms with Gasteiger partial charge in [-0.15, -0.1) is 0 Å². The fraction of sp³-hybridized carbons (Fsp3) is 0.455. The highest BCUT2D eigenvalue weighted by Gasteiger charge is 2.12. The molecule has 1 saturated carbocycles. The molecular weight excluding hydrogens is 329 g/mol. The molecule has 1 N–H and O–H groups in total. The number of hydrogen-bond acceptors (Lipinski definition) is 3. The first-order valence-corrected chi connectivity index (χ1v) is 9.52. The maximum Gasteiger partial charge on any atom is 0.161 e. The molecule has 0 unspecified atom stereocenters. The molecule has 4 heteroatoms. The third-order valence-electron chi connectivity index (χ3n) is 4.99. The highest BCUT2D eigenvalue weighted by molar-refractivity contribution is 5.43. The van der Waals surface area contributed by atoms with Crippen molar-refractivity contribution in [3.05, 3.63) is 59.4 Å². The van der Waals surface area contributed by atoms with Crippen molar-refractivity contribution in [2.24, 2.45) is 0 Å². The number of halogens is 1. The van der Waals surface area contributed by atoms with E-state index in [2.05, 4.69) is 11.4 Å². The Morgan fingerprint density at radius 2 is 1.62 bits per heavy atom. The normalized spacial score (nSPS) is 15.5. The predicted octanol–water partition coefficient (Wildman–Crippen LogP) is 5.23.